The van der Waals surface area contributed by atoms with E-state index < -0.39 is 11.8 Å². The van der Waals surface area contributed by atoms with Crippen molar-refractivity contribution in [3.8, 4) is 11.4 Å². The number of aromatic nitrogens is 1. The van der Waals surface area contributed by atoms with Crippen LogP contribution in [0.1, 0.15) is 35.0 Å². The van der Waals surface area contributed by atoms with Crippen LogP contribution in [0.3, 0.4) is 0 Å². The van der Waals surface area contributed by atoms with Gasteiger partial charge in [-0.3, -0.25) is 19.8 Å². The average molecular weight is 474 g/mol. The van der Waals surface area contributed by atoms with Gasteiger partial charge in [0.2, 0.25) is 0 Å². The molecule has 0 saturated carbocycles. The number of nitrogens with one attached hydrogen (secondary N) is 1. The van der Waals surface area contributed by atoms with Crippen LogP contribution in [0.25, 0.3) is 11.8 Å². The van der Waals surface area contributed by atoms with Crippen molar-refractivity contribution in [3.05, 3.63) is 82.2 Å². The first-order valence-electron chi connectivity index (χ1n) is 11.1. The first kappa shape index (κ1) is 23.4. The normalized spacial score (nSPS) is 15.1. The molecule has 1 aromatic heterocycles. The summed E-state index contributed by atoms with van der Waals surface area (Å²) in [6, 6.07) is 15.4. The number of thiocarbonyl (C=S) groups is 1. The van der Waals surface area contributed by atoms with E-state index in [0.29, 0.717) is 18.0 Å². The number of rotatable bonds is 5. The molecule has 7 heteroatoms. The largest absolute Gasteiger partial charge is 0.494 e. The fourth-order valence-electron chi connectivity index (χ4n) is 4.34. The fraction of sp³-hybridized carbons (Fsp3) is 0.222. The number of benzene rings is 2. The summed E-state index contributed by atoms with van der Waals surface area (Å²) >= 11 is 5.33. The predicted molar refractivity (Wildman–Crippen MR) is 139 cm³/mol. The second-order valence-electron chi connectivity index (χ2n) is 8.40. The van der Waals surface area contributed by atoms with Crippen LogP contribution >= 0.6 is 12.2 Å². The van der Waals surface area contributed by atoms with Crippen molar-refractivity contribution in [3.63, 3.8) is 0 Å². The molecule has 0 spiro atoms. The SMILES string of the molecule is CCOc1cccc(N2C(=O)/C(=C/c3cc(C)n(-c4cc(C)cc(C)c4)c3C)C(=O)NC2=S)c1. The number of aryl methyl sites for hydroxylation is 3. The van der Waals surface area contributed by atoms with Gasteiger partial charge in [0.25, 0.3) is 11.8 Å². The van der Waals surface area contributed by atoms with E-state index in [2.05, 4.69) is 41.9 Å². The van der Waals surface area contributed by atoms with Crippen LogP contribution in [0.4, 0.5) is 5.69 Å². The van der Waals surface area contributed by atoms with Gasteiger partial charge >= 0.3 is 0 Å². The van der Waals surface area contributed by atoms with Gasteiger partial charge in [0.1, 0.15) is 11.3 Å². The van der Waals surface area contributed by atoms with E-state index in [-0.39, 0.29) is 10.7 Å². The number of hydrogen-bond acceptors (Lipinski definition) is 4. The minimum absolute atomic E-state index is 0.0242. The molecule has 1 aliphatic rings. The number of carbonyl (C=O) groups excluding carboxylic acids is 2. The van der Waals surface area contributed by atoms with E-state index >= 15 is 0 Å². The lowest BCUT2D eigenvalue weighted by Gasteiger charge is -2.29. The summed E-state index contributed by atoms with van der Waals surface area (Å²) in [5.74, 6) is -0.364. The number of ether oxygens (including phenoxy) is 1. The lowest BCUT2D eigenvalue weighted by molar-refractivity contribution is -0.122. The molecule has 2 aromatic carbocycles. The summed E-state index contributed by atoms with van der Waals surface area (Å²) in [5, 5.41) is 2.69. The molecule has 174 valence electrons. The predicted octanol–water partition coefficient (Wildman–Crippen LogP) is 4.94. The molecule has 1 saturated heterocycles. The van der Waals surface area contributed by atoms with Crippen LogP contribution in [0.5, 0.6) is 5.75 Å². The monoisotopic (exact) mass is 473 g/mol. The summed E-state index contributed by atoms with van der Waals surface area (Å²) in [4.78, 5) is 27.6. The van der Waals surface area contributed by atoms with Crippen molar-refractivity contribution in [2.45, 2.75) is 34.6 Å². The summed E-state index contributed by atoms with van der Waals surface area (Å²) in [6.45, 7) is 10.5. The van der Waals surface area contributed by atoms with Gasteiger partial charge in [0.05, 0.1) is 12.3 Å². The van der Waals surface area contributed by atoms with Crippen molar-refractivity contribution >= 4 is 40.9 Å². The molecule has 0 unspecified atom stereocenters. The van der Waals surface area contributed by atoms with Crippen LogP contribution in [0.15, 0.2) is 54.1 Å². The topological polar surface area (TPSA) is 63.6 Å². The Labute approximate surface area is 204 Å². The van der Waals surface area contributed by atoms with Crippen LogP contribution in [0.2, 0.25) is 0 Å². The first-order valence-corrected chi connectivity index (χ1v) is 11.5. The zero-order valence-corrected chi connectivity index (χ0v) is 20.7. The Morgan fingerprint density at radius 2 is 1.68 bits per heavy atom. The number of nitrogens with zero attached hydrogens (tertiary/aromatic N) is 2. The average Bonchev–Trinajstić information content (AvgIpc) is 3.03. The third-order valence-electron chi connectivity index (χ3n) is 5.72. The van der Waals surface area contributed by atoms with Crippen molar-refractivity contribution in [1.82, 2.24) is 9.88 Å². The highest BCUT2D eigenvalue weighted by Gasteiger charge is 2.35. The highest BCUT2D eigenvalue weighted by atomic mass is 32.1. The van der Waals surface area contributed by atoms with E-state index in [9.17, 15) is 9.59 Å². The Kier molecular flexibility index (Phi) is 6.39. The van der Waals surface area contributed by atoms with Crippen molar-refractivity contribution in [2.24, 2.45) is 0 Å². The minimum Gasteiger partial charge on any atom is -0.494 e. The highest BCUT2D eigenvalue weighted by molar-refractivity contribution is 7.80. The third-order valence-corrected chi connectivity index (χ3v) is 6.01. The van der Waals surface area contributed by atoms with E-state index in [0.717, 1.165) is 22.6 Å². The van der Waals surface area contributed by atoms with Gasteiger partial charge in [-0.25, -0.2) is 0 Å². The van der Waals surface area contributed by atoms with Gasteiger partial charge in [-0.1, -0.05) is 12.1 Å². The minimum atomic E-state index is -0.511. The third kappa shape index (κ3) is 4.39. The Hall–Kier alpha value is -3.71. The smallest absolute Gasteiger partial charge is 0.270 e. The molecule has 3 aromatic rings. The van der Waals surface area contributed by atoms with Gasteiger partial charge in [-0.05, 0) is 99.9 Å². The summed E-state index contributed by atoms with van der Waals surface area (Å²) < 4.78 is 7.69. The lowest BCUT2D eigenvalue weighted by atomic mass is 10.1. The number of carbonyl (C=O) groups is 2. The van der Waals surface area contributed by atoms with Crippen LogP contribution in [0, 0.1) is 27.7 Å². The Morgan fingerprint density at radius 1 is 0.971 bits per heavy atom. The summed E-state index contributed by atoms with van der Waals surface area (Å²) in [5.41, 5.74) is 6.69. The molecule has 4 rings (SSSR count). The van der Waals surface area contributed by atoms with E-state index in [1.807, 2.05) is 32.9 Å². The van der Waals surface area contributed by atoms with Gasteiger partial charge in [0.15, 0.2) is 5.11 Å². The standard InChI is InChI=1S/C27H27N3O3S/c1-6-33-23-9-7-8-21(15-23)30-26(32)24(25(31)28-27(30)34)14-20-13-18(4)29(19(20)5)22-11-16(2)10-17(3)12-22/h7-15H,6H2,1-5H3,(H,28,31,34)/b24-14+. The van der Waals surface area contributed by atoms with Gasteiger partial charge in [-0.2, -0.15) is 0 Å². The van der Waals surface area contributed by atoms with Gasteiger partial charge in [0, 0.05) is 23.1 Å². The summed E-state index contributed by atoms with van der Waals surface area (Å²) in [6.07, 6.45) is 1.64. The van der Waals surface area contributed by atoms with Crippen molar-refractivity contribution in [2.75, 3.05) is 11.5 Å². The fourth-order valence-corrected chi connectivity index (χ4v) is 4.62. The second-order valence-corrected chi connectivity index (χ2v) is 8.78. The van der Waals surface area contributed by atoms with E-state index in [1.54, 1.807) is 24.3 Å². The molecule has 34 heavy (non-hydrogen) atoms. The first-order chi connectivity index (χ1) is 16.2. The molecular formula is C27H27N3O3S. The quantitative estimate of drug-likeness (QED) is 0.324. The molecule has 1 N–H and O–H groups in total. The maximum atomic E-state index is 13.4. The molecule has 0 aliphatic carbocycles. The number of anilines is 1. The van der Waals surface area contributed by atoms with E-state index in [1.165, 1.54) is 16.0 Å². The molecule has 2 heterocycles. The molecule has 0 bridgehead atoms. The van der Waals surface area contributed by atoms with E-state index in [4.69, 9.17) is 17.0 Å². The molecule has 6 nitrogen and oxygen atoms in total. The number of amides is 2. The van der Waals surface area contributed by atoms with Crippen LogP contribution in [-0.4, -0.2) is 28.1 Å². The second kappa shape index (κ2) is 9.27. The lowest BCUT2D eigenvalue weighted by Crippen LogP contribution is -2.54. The summed E-state index contributed by atoms with van der Waals surface area (Å²) in [7, 11) is 0. The van der Waals surface area contributed by atoms with Gasteiger partial charge in [-0.15, -0.1) is 0 Å². The Bertz CT molecular complexity index is 1330. The van der Waals surface area contributed by atoms with Crippen molar-refractivity contribution in [1.29, 1.82) is 0 Å². The van der Waals surface area contributed by atoms with Gasteiger partial charge < -0.3 is 9.30 Å². The Balaban J connectivity index is 1.75. The number of hydrogen-bond donors (Lipinski definition) is 1. The maximum absolute atomic E-state index is 13.4. The zero-order chi connectivity index (χ0) is 24.6. The highest BCUT2D eigenvalue weighted by Crippen LogP contribution is 2.28. The molecule has 0 radical (unpaired) electrons. The van der Waals surface area contributed by atoms with Crippen molar-refractivity contribution < 1.29 is 14.3 Å². The molecule has 0 atom stereocenters. The molecule has 2 amide bonds. The molecular weight excluding hydrogens is 446 g/mol. The van der Waals surface area contributed by atoms with Crippen LogP contribution in [-0.2, 0) is 9.59 Å². The zero-order valence-electron chi connectivity index (χ0n) is 19.9. The Morgan fingerprint density at radius 3 is 2.35 bits per heavy atom. The maximum Gasteiger partial charge on any atom is 0.270 e. The molecule has 1 fully saturated rings. The molecule has 1 aliphatic heterocycles. The van der Waals surface area contributed by atoms with Crippen LogP contribution < -0.4 is 15.0 Å².